The molecule has 11 heteroatoms. The quantitative estimate of drug-likeness (QED) is 0.251. The van der Waals surface area contributed by atoms with Gasteiger partial charge in [-0.3, -0.25) is 9.59 Å². The maximum Gasteiger partial charge on any atom is 1.00 e. The van der Waals surface area contributed by atoms with Crippen molar-refractivity contribution in [3.63, 3.8) is 0 Å². The fraction of sp³-hybridized carbons (Fsp3) is 0.111. The van der Waals surface area contributed by atoms with Crippen LogP contribution in [0.1, 0.15) is 20.7 Å². The number of rotatable bonds is 7. The molecule has 2 aromatic carbocycles. The van der Waals surface area contributed by atoms with Gasteiger partial charge >= 0.3 is 59.1 Å². The number of aliphatic carboxylic acids is 2. The molecule has 0 saturated heterocycles. The average Bonchev–Trinajstić information content (AvgIpc) is 2.66. The number of hydrogen-bond acceptors (Lipinski definition) is 8. The summed E-state index contributed by atoms with van der Waals surface area (Å²) in [6.07, 6.45) is 0. The maximum absolute atomic E-state index is 12.5. The van der Waals surface area contributed by atoms with Crippen molar-refractivity contribution in [2.45, 2.75) is 11.2 Å². The van der Waals surface area contributed by atoms with Gasteiger partial charge in [-0.05, 0) is 0 Å². The third-order valence-electron chi connectivity index (χ3n) is 3.84. The fourth-order valence-electron chi connectivity index (χ4n) is 2.41. The third-order valence-corrected chi connectivity index (χ3v) is 3.84. The minimum Gasteiger partial charge on any atom is -0.546 e. The van der Waals surface area contributed by atoms with Crippen molar-refractivity contribution in [3.05, 3.63) is 71.8 Å². The van der Waals surface area contributed by atoms with E-state index in [1.54, 1.807) is 0 Å². The number of carbonyl (C=O) groups is 4. The standard InChI is InChI=1S/C18H14O8.2Na.H2O/c19-13(11-7-3-1-4-8-11)17(25,15(21)22)18(26,16(23)24)14(20)12-9-5-2-6-10-12;;;/h1-10,25-26H,(H,21,22)(H,23,24);;;1H2/q;2*+1;/p-2. The summed E-state index contributed by atoms with van der Waals surface area (Å²) < 4.78 is 0. The van der Waals surface area contributed by atoms with E-state index in [1.165, 1.54) is 36.4 Å². The van der Waals surface area contributed by atoms with Gasteiger partial charge in [0.2, 0.25) is 22.8 Å². The number of carboxylic acids is 2. The van der Waals surface area contributed by atoms with Crippen LogP contribution in [0.4, 0.5) is 0 Å². The van der Waals surface area contributed by atoms with Gasteiger partial charge in [0, 0.05) is 11.1 Å². The van der Waals surface area contributed by atoms with Crippen LogP contribution in [0, 0.1) is 0 Å². The van der Waals surface area contributed by atoms with Gasteiger partial charge < -0.3 is 35.5 Å². The van der Waals surface area contributed by atoms with E-state index in [4.69, 9.17) is 0 Å². The minimum absolute atomic E-state index is 0. The first-order valence-electron chi connectivity index (χ1n) is 7.24. The van der Waals surface area contributed by atoms with Crippen LogP contribution in [0.15, 0.2) is 60.7 Å². The molecule has 29 heavy (non-hydrogen) atoms. The zero-order chi connectivity index (χ0) is 19.5. The molecule has 0 saturated carbocycles. The van der Waals surface area contributed by atoms with E-state index in [2.05, 4.69) is 0 Å². The van der Waals surface area contributed by atoms with Crippen molar-refractivity contribution in [2.24, 2.45) is 0 Å². The van der Waals surface area contributed by atoms with Crippen LogP contribution in [-0.4, -0.2) is 50.4 Å². The number of hydrogen-bond donors (Lipinski definition) is 2. The molecule has 142 valence electrons. The molecule has 0 spiro atoms. The van der Waals surface area contributed by atoms with Gasteiger partial charge in [-0.2, -0.15) is 0 Å². The van der Waals surface area contributed by atoms with Crippen LogP contribution in [0.5, 0.6) is 0 Å². The molecule has 4 N–H and O–H groups in total. The summed E-state index contributed by atoms with van der Waals surface area (Å²) in [6, 6.07) is 12.4. The summed E-state index contributed by atoms with van der Waals surface area (Å²) in [5, 5.41) is 43.9. The van der Waals surface area contributed by atoms with Gasteiger partial charge in [-0.15, -0.1) is 0 Å². The van der Waals surface area contributed by atoms with E-state index in [-0.39, 0.29) is 64.6 Å². The number of benzene rings is 2. The summed E-state index contributed by atoms with van der Waals surface area (Å²) >= 11 is 0. The molecule has 2 unspecified atom stereocenters. The van der Waals surface area contributed by atoms with Crippen molar-refractivity contribution >= 4 is 23.5 Å². The zero-order valence-electron chi connectivity index (χ0n) is 15.6. The molecule has 0 heterocycles. The van der Waals surface area contributed by atoms with Crippen molar-refractivity contribution in [3.8, 4) is 0 Å². The number of carboxylic acid groups (broad SMARTS) is 2. The number of carbonyl (C=O) groups excluding carboxylic acids is 4. The Bertz CT molecular complexity index is 800. The van der Waals surface area contributed by atoms with E-state index < -0.39 is 45.8 Å². The predicted molar refractivity (Wildman–Crippen MR) is 85.1 cm³/mol. The van der Waals surface area contributed by atoms with Gasteiger partial charge in [-0.1, -0.05) is 60.7 Å². The topological polar surface area (TPSA) is 186 Å². The summed E-state index contributed by atoms with van der Waals surface area (Å²) in [4.78, 5) is 48.1. The van der Waals surface area contributed by atoms with Gasteiger partial charge in [-0.25, -0.2) is 0 Å². The van der Waals surface area contributed by atoms with Crippen molar-refractivity contribution < 1.29 is 104 Å². The van der Waals surface area contributed by atoms with Gasteiger partial charge in [0.25, 0.3) is 0 Å². The Kier molecular flexibility index (Phi) is 12.0. The molecule has 0 radical (unpaired) electrons. The third kappa shape index (κ3) is 5.21. The number of aliphatic hydroxyl groups is 2. The Hall–Kier alpha value is -1.40. The van der Waals surface area contributed by atoms with Gasteiger partial charge in [0.1, 0.15) is 0 Å². The second kappa shape index (κ2) is 11.7. The Morgan fingerprint density at radius 1 is 0.621 bits per heavy atom. The Balaban J connectivity index is 0. The van der Waals surface area contributed by atoms with E-state index in [1.807, 2.05) is 0 Å². The molecule has 0 bridgehead atoms. The van der Waals surface area contributed by atoms with Gasteiger partial charge in [0.15, 0.2) is 0 Å². The van der Waals surface area contributed by atoms with Crippen LogP contribution in [0.25, 0.3) is 0 Å². The molecule has 0 amide bonds. The zero-order valence-corrected chi connectivity index (χ0v) is 19.6. The predicted octanol–water partition coefficient (Wildman–Crippen LogP) is -9.10. The van der Waals surface area contributed by atoms with E-state index in [9.17, 15) is 39.6 Å². The first-order chi connectivity index (χ1) is 12.2. The molecule has 0 fully saturated rings. The van der Waals surface area contributed by atoms with Crippen LogP contribution in [0.3, 0.4) is 0 Å². The van der Waals surface area contributed by atoms with Crippen molar-refractivity contribution in [2.75, 3.05) is 0 Å². The molecule has 2 aromatic rings. The molecule has 0 aliphatic carbocycles. The molecule has 2 atom stereocenters. The maximum atomic E-state index is 12.5. The molecule has 0 aliphatic heterocycles. The van der Waals surface area contributed by atoms with Crippen LogP contribution in [0.2, 0.25) is 0 Å². The summed E-state index contributed by atoms with van der Waals surface area (Å²) in [7, 11) is 0. The van der Waals surface area contributed by atoms with Crippen LogP contribution >= 0.6 is 0 Å². The summed E-state index contributed by atoms with van der Waals surface area (Å²) in [6.45, 7) is 0. The average molecular weight is 420 g/mol. The molecule has 9 nitrogen and oxygen atoms in total. The van der Waals surface area contributed by atoms with Gasteiger partial charge in [0.05, 0.1) is 11.9 Å². The fourth-order valence-corrected chi connectivity index (χ4v) is 2.41. The van der Waals surface area contributed by atoms with Crippen LogP contribution in [-0.2, 0) is 9.59 Å². The van der Waals surface area contributed by atoms with Crippen molar-refractivity contribution in [1.82, 2.24) is 0 Å². The first-order valence-corrected chi connectivity index (χ1v) is 7.24. The Morgan fingerprint density at radius 3 is 1.07 bits per heavy atom. The summed E-state index contributed by atoms with van der Waals surface area (Å²) in [5.74, 6) is -8.81. The Morgan fingerprint density at radius 2 is 0.862 bits per heavy atom. The van der Waals surface area contributed by atoms with E-state index in [0.29, 0.717) is 0 Å². The normalized spacial score (nSPS) is 13.7. The monoisotopic (exact) mass is 420 g/mol. The molecule has 0 aliphatic rings. The molecular weight excluding hydrogens is 406 g/mol. The smallest absolute Gasteiger partial charge is 0.546 e. The first kappa shape index (κ1) is 29.8. The second-order valence-electron chi connectivity index (χ2n) is 5.39. The number of Topliss-reactive ketones (excluding diaryl/α,β-unsaturated/α-hetero) is 2. The number of ketones is 2. The van der Waals surface area contributed by atoms with Crippen LogP contribution < -0.4 is 69.3 Å². The largest absolute Gasteiger partial charge is 1.00 e. The minimum atomic E-state index is -4.12. The molecular formula is C18H14Na2O9. The second-order valence-corrected chi connectivity index (χ2v) is 5.39. The molecule has 2 rings (SSSR count). The summed E-state index contributed by atoms with van der Waals surface area (Å²) in [5.41, 5.74) is -9.17. The van der Waals surface area contributed by atoms with E-state index in [0.717, 1.165) is 24.3 Å². The SMILES string of the molecule is O.O=C([O-])C(O)(C(=O)c1ccccc1)C(O)(C(=O)[O-])C(=O)c1ccccc1.[Na+].[Na+]. The Labute approximate surface area is 209 Å². The molecule has 0 aromatic heterocycles. The van der Waals surface area contributed by atoms with Crippen molar-refractivity contribution in [1.29, 1.82) is 0 Å². The van der Waals surface area contributed by atoms with E-state index >= 15 is 0 Å².